The van der Waals surface area contributed by atoms with Gasteiger partial charge in [-0.2, -0.15) is 0 Å². The van der Waals surface area contributed by atoms with Gasteiger partial charge in [0.25, 0.3) is 0 Å². The van der Waals surface area contributed by atoms with Crippen LogP contribution in [0, 0.1) is 13.8 Å². The van der Waals surface area contributed by atoms with Crippen molar-refractivity contribution in [1.29, 1.82) is 0 Å². The number of hydrogen-bond donors (Lipinski definition) is 0. The van der Waals surface area contributed by atoms with E-state index in [1.807, 2.05) is 49.6 Å². The molecule has 0 aliphatic carbocycles. The minimum Gasteiger partial charge on any atom is -0.437 e. The third-order valence-corrected chi connectivity index (χ3v) is 5.07. The Hall–Kier alpha value is -3.20. The molecule has 0 N–H and O–H groups in total. The molecule has 0 unspecified atom stereocenters. The molecule has 2 aromatic carbocycles. The summed E-state index contributed by atoms with van der Waals surface area (Å²) in [5.74, 6) is 0. The van der Waals surface area contributed by atoms with Gasteiger partial charge in [0.15, 0.2) is 6.20 Å². The van der Waals surface area contributed by atoms with Crippen molar-refractivity contribution in [3.05, 3.63) is 72.1 Å². The second-order valence-electron chi connectivity index (χ2n) is 6.60. The molecule has 5 rings (SSSR count). The average molecular weight is 342 g/mol. The van der Waals surface area contributed by atoms with Crippen molar-refractivity contribution in [2.75, 3.05) is 0 Å². The van der Waals surface area contributed by atoms with Gasteiger partial charge in [-0.25, -0.2) is 9.55 Å². The van der Waals surface area contributed by atoms with Crippen molar-refractivity contribution in [3.8, 4) is 11.3 Å². The summed E-state index contributed by atoms with van der Waals surface area (Å²) in [5.41, 5.74) is 4.40. The van der Waals surface area contributed by atoms with E-state index in [2.05, 4.69) is 28.6 Å². The lowest BCUT2D eigenvalue weighted by Crippen LogP contribution is -2.30. The van der Waals surface area contributed by atoms with Crippen LogP contribution in [-0.2, 0) is 7.05 Å². The van der Waals surface area contributed by atoms with Gasteiger partial charge in [-0.3, -0.25) is 0 Å². The predicted molar refractivity (Wildman–Crippen MR) is 105 cm³/mol. The van der Waals surface area contributed by atoms with Crippen LogP contribution in [0.3, 0.4) is 0 Å². The Morgan fingerprint density at radius 1 is 0.962 bits per heavy atom. The largest absolute Gasteiger partial charge is 0.437 e. The highest BCUT2D eigenvalue weighted by molar-refractivity contribution is 6.21. The zero-order chi connectivity index (χ0) is 20.3. The zero-order valence-electron chi connectivity index (χ0n) is 17.6. The molecular formula is C23H19N2O+. The molecule has 26 heavy (non-hydrogen) atoms. The molecule has 0 aliphatic heterocycles. The van der Waals surface area contributed by atoms with Gasteiger partial charge in [-0.05, 0) is 42.9 Å². The second kappa shape index (κ2) is 5.40. The van der Waals surface area contributed by atoms with Gasteiger partial charge in [0, 0.05) is 38.1 Å². The van der Waals surface area contributed by atoms with Crippen LogP contribution in [-0.4, -0.2) is 4.98 Å². The van der Waals surface area contributed by atoms with Crippen molar-refractivity contribution in [2.45, 2.75) is 13.8 Å². The topological polar surface area (TPSA) is 29.9 Å². The molecule has 0 bridgehead atoms. The summed E-state index contributed by atoms with van der Waals surface area (Å²) in [6.45, 7) is -0.160. The van der Waals surface area contributed by atoms with Crippen LogP contribution in [0.25, 0.3) is 44.1 Å². The monoisotopic (exact) mass is 342 g/mol. The van der Waals surface area contributed by atoms with Gasteiger partial charge in [-0.1, -0.05) is 24.3 Å². The Morgan fingerprint density at radius 3 is 2.58 bits per heavy atom. The minimum atomic E-state index is -2.28. The van der Waals surface area contributed by atoms with Gasteiger partial charge in [0.2, 0.25) is 11.4 Å². The van der Waals surface area contributed by atoms with E-state index in [4.69, 9.17) is 8.53 Å². The first-order valence-corrected chi connectivity index (χ1v) is 8.56. The quantitative estimate of drug-likeness (QED) is 0.390. The number of benzene rings is 2. The molecule has 0 aliphatic rings. The first-order valence-electron chi connectivity index (χ1n) is 10.1. The molecule has 0 atom stereocenters. The molecule has 3 heterocycles. The summed E-state index contributed by atoms with van der Waals surface area (Å²) in [6, 6.07) is 17.6. The van der Waals surface area contributed by atoms with E-state index in [9.17, 15) is 0 Å². The van der Waals surface area contributed by atoms with E-state index in [1.165, 1.54) is 0 Å². The Balaban J connectivity index is 2.02. The highest BCUT2D eigenvalue weighted by Crippen LogP contribution is 2.42. The minimum absolute atomic E-state index is 0.0388. The van der Waals surface area contributed by atoms with Gasteiger partial charge in [-0.15, -0.1) is 0 Å². The molecule has 0 saturated heterocycles. The molecule has 0 spiro atoms. The Labute approximate surface area is 155 Å². The highest BCUT2D eigenvalue weighted by atomic mass is 16.3. The van der Waals surface area contributed by atoms with Gasteiger partial charge in [0.1, 0.15) is 12.6 Å². The smallest absolute Gasteiger partial charge is 0.227 e. The van der Waals surface area contributed by atoms with Crippen LogP contribution in [0.2, 0.25) is 0 Å². The molecule has 126 valence electrons. The van der Waals surface area contributed by atoms with Gasteiger partial charge < -0.3 is 4.42 Å². The van der Waals surface area contributed by atoms with E-state index in [1.54, 1.807) is 6.07 Å². The van der Waals surface area contributed by atoms with Crippen molar-refractivity contribution in [3.63, 3.8) is 0 Å². The third kappa shape index (κ3) is 2.00. The maximum atomic E-state index is 7.68. The Morgan fingerprint density at radius 2 is 1.77 bits per heavy atom. The summed E-state index contributed by atoms with van der Waals surface area (Å²) < 4.78 is 31.3. The number of hydrogen-bond acceptors (Lipinski definition) is 2. The molecule has 0 amide bonds. The zero-order valence-corrected chi connectivity index (χ0v) is 14.6. The van der Waals surface area contributed by atoms with Crippen LogP contribution in [0.1, 0.15) is 15.4 Å². The van der Waals surface area contributed by atoms with Crippen molar-refractivity contribution in [1.82, 2.24) is 4.98 Å². The summed E-state index contributed by atoms with van der Waals surface area (Å²) in [5, 5.41) is 3.88. The Kier molecular flexibility index (Phi) is 2.53. The number of nitrogens with zero attached hydrogens (tertiary/aromatic N) is 2. The maximum absolute atomic E-state index is 7.68. The van der Waals surface area contributed by atoms with Gasteiger partial charge >= 0.3 is 0 Å². The summed E-state index contributed by atoms with van der Waals surface area (Å²) in [6.07, 6.45) is 2.02. The maximum Gasteiger partial charge on any atom is 0.227 e. The van der Waals surface area contributed by atoms with Crippen LogP contribution in [0.15, 0.2) is 65.2 Å². The van der Waals surface area contributed by atoms with Crippen LogP contribution in [0.5, 0.6) is 0 Å². The molecule has 3 nitrogen and oxygen atoms in total. The van der Waals surface area contributed by atoms with Crippen molar-refractivity contribution < 1.29 is 13.1 Å². The fourth-order valence-electron chi connectivity index (χ4n) is 3.85. The van der Waals surface area contributed by atoms with Crippen LogP contribution < -0.4 is 4.57 Å². The van der Waals surface area contributed by atoms with E-state index < -0.39 is 6.85 Å². The molecular weight excluding hydrogens is 320 g/mol. The highest BCUT2D eigenvalue weighted by Gasteiger charge is 2.23. The van der Waals surface area contributed by atoms with Crippen molar-refractivity contribution in [2.24, 2.45) is 7.05 Å². The first kappa shape index (κ1) is 12.2. The van der Waals surface area contributed by atoms with E-state index >= 15 is 0 Å². The second-order valence-corrected chi connectivity index (χ2v) is 6.60. The third-order valence-electron chi connectivity index (χ3n) is 5.07. The van der Waals surface area contributed by atoms with E-state index in [0.29, 0.717) is 5.71 Å². The normalized spacial score (nSPS) is 13.8. The van der Waals surface area contributed by atoms with E-state index in [-0.39, 0.29) is 5.69 Å². The lowest BCUT2D eigenvalue weighted by Gasteiger charge is -2.10. The average Bonchev–Trinajstić information content (AvgIpc) is 3.08. The lowest BCUT2D eigenvalue weighted by molar-refractivity contribution is -0.660. The van der Waals surface area contributed by atoms with Crippen molar-refractivity contribution >= 4 is 32.8 Å². The fraction of sp³-hybridized carbons (Fsp3) is 0.130. The fourth-order valence-corrected chi connectivity index (χ4v) is 3.85. The predicted octanol–water partition coefficient (Wildman–Crippen LogP) is 5.24. The molecule has 0 radical (unpaired) electrons. The van der Waals surface area contributed by atoms with Gasteiger partial charge in [0.05, 0.1) is 5.56 Å². The molecule has 3 aromatic heterocycles. The summed E-state index contributed by atoms with van der Waals surface area (Å²) >= 11 is 0. The first-order chi connectivity index (χ1) is 13.9. The summed E-state index contributed by atoms with van der Waals surface area (Å²) in [4.78, 5) is 4.34. The van der Waals surface area contributed by atoms with Crippen LogP contribution >= 0.6 is 0 Å². The molecule has 3 heteroatoms. The standard InChI is InChI=1S/C23H19N2O/c1-14-11-12-18-21-20(19-10-6-7-13-25(19)3)15(2)16-8-4-5-9-17(16)22(21)26-23(18)24-14/h4-13H,1-3H3/q+1/i1D3. The SMILES string of the molecule is [2H]C([2H])([2H])c1ccc2c(n1)oc1c3ccccc3c(C)c(-c3cccc[n+]3C)c21. The number of aryl methyl sites for hydroxylation is 3. The number of rotatable bonds is 1. The number of furan rings is 1. The number of pyridine rings is 2. The molecule has 0 fully saturated rings. The lowest BCUT2D eigenvalue weighted by atomic mass is 9.92. The number of fused-ring (bicyclic) bond motifs is 5. The number of aromatic nitrogens is 2. The van der Waals surface area contributed by atoms with Crippen LogP contribution in [0.4, 0.5) is 0 Å². The Bertz CT molecular complexity index is 1420. The molecule has 0 saturated carbocycles. The summed E-state index contributed by atoms with van der Waals surface area (Å²) in [7, 11) is 2.02. The van der Waals surface area contributed by atoms with E-state index in [0.717, 1.165) is 43.9 Å². The molecule has 5 aromatic rings.